The average Bonchev–Trinajstić information content (AvgIpc) is 3.12. The van der Waals surface area contributed by atoms with Gasteiger partial charge in [0.2, 0.25) is 0 Å². The lowest BCUT2D eigenvalue weighted by Gasteiger charge is -2.14. The summed E-state index contributed by atoms with van der Waals surface area (Å²) >= 11 is 1.52. The summed E-state index contributed by atoms with van der Waals surface area (Å²) < 4.78 is 0. The molecule has 3 aromatic rings. The number of hydrogen-bond donors (Lipinski definition) is 2. The van der Waals surface area contributed by atoms with E-state index in [0.29, 0.717) is 5.82 Å². The number of aliphatic imine (C=N–C) groups is 1. The molecule has 0 radical (unpaired) electrons. The Morgan fingerprint density at radius 2 is 2.12 bits per heavy atom. The normalized spacial score (nSPS) is 13.9. The second kappa shape index (κ2) is 6.71. The molecule has 7 nitrogen and oxygen atoms in total. The predicted molar refractivity (Wildman–Crippen MR) is 94.9 cm³/mol. The quantitative estimate of drug-likeness (QED) is 0.763. The van der Waals surface area contributed by atoms with E-state index < -0.39 is 0 Å². The number of rotatable bonds is 3. The highest BCUT2D eigenvalue weighted by molar-refractivity contribution is 7.14. The van der Waals surface area contributed by atoms with E-state index in [1.54, 1.807) is 18.6 Å². The van der Waals surface area contributed by atoms with Gasteiger partial charge in [-0.2, -0.15) is 0 Å². The maximum Gasteiger partial charge on any atom is 0.197 e. The summed E-state index contributed by atoms with van der Waals surface area (Å²) in [4.78, 5) is 22.0. The third kappa shape index (κ3) is 3.23. The number of anilines is 1. The van der Waals surface area contributed by atoms with E-state index in [2.05, 4.69) is 35.6 Å². The van der Waals surface area contributed by atoms with Gasteiger partial charge in [0.1, 0.15) is 5.69 Å². The standard InChI is InChI=1S/C16H15N7S/c1-3-11(9-17-5-1)14-18-8-4-12(21-14)13-10-24-16(22-13)23-15-19-6-2-7-20-15/h1,3-5,8-10H,2,6-7H2,(H2,19,20,22,23). The summed E-state index contributed by atoms with van der Waals surface area (Å²) in [5, 5.41) is 9.20. The monoisotopic (exact) mass is 337 g/mol. The van der Waals surface area contributed by atoms with Crippen LogP contribution < -0.4 is 10.6 Å². The minimum atomic E-state index is 0.640. The average molecular weight is 337 g/mol. The van der Waals surface area contributed by atoms with Crippen molar-refractivity contribution in [1.29, 1.82) is 0 Å². The van der Waals surface area contributed by atoms with Gasteiger partial charge < -0.3 is 10.6 Å². The summed E-state index contributed by atoms with van der Waals surface area (Å²) in [5.74, 6) is 1.42. The lowest BCUT2D eigenvalue weighted by atomic mass is 10.2. The summed E-state index contributed by atoms with van der Waals surface area (Å²) in [6.45, 7) is 1.78. The van der Waals surface area contributed by atoms with Crippen LogP contribution in [0.5, 0.6) is 0 Å². The molecule has 0 aliphatic carbocycles. The van der Waals surface area contributed by atoms with Gasteiger partial charge in [0.05, 0.1) is 5.69 Å². The van der Waals surface area contributed by atoms with E-state index >= 15 is 0 Å². The summed E-state index contributed by atoms with van der Waals surface area (Å²) in [5.41, 5.74) is 2.48. The maximum absolute atomic E-state index is 4.59. The van der Waals surface area contributed by atoms with Crippen molar-refractivity contribution in [2.24, 2.45) is 4.99 Å². The number of thiazole rings is 1. The lowest BCUT2D eigenvalue weighted by molar-refractivity contribution is 0.740. The highest BCUT2D eigenvalue weighted by Crippen LogP contribution is 2.24. The number of nitrogens with zero attached hydrogens (tertiary/aromatic N) is 5. The molecule has 1 aliphatic heterocycles. The molecule has 3 aromatic heterocycles. The fourth-order valence-electron chi connectivity index (χ4n) is 2.30. The molecule has 8 heteroatoms. The first-order valence-electron chi connectivity index (χ1n) is 7.63. The minimum absolute atomic E-state index is 0.640. The van der Waals surface area contributed by atoms with Gasteiger partial charge in [-0.1, -0.05) is 0 Å². The van der Waals surface area contributed by atoms with Gasteiger partial charge >= 0.3 is 0 Å². The summed E-state index contributed by atoms with van der Waals surface area (Å²) in [6, 6.07) is 5.66. The van der Waals surface area contributed by atoms with Crippen LogP contribution in [0, 0.1) is 0 Å². The summed E-state index contributed by atoms with van der Waals surface area (Å²) in [7, 11) is 0. The van der Waals surface area contributed by atoms with Crippen LogP contribution >= 0.6 is 11.3 Å². The number of pyridine rings is 1. The molecule has 1 aliphatic rings. The van der Waals surface area contributed by atoms with Crippen molar-refractivity contribution in [3.05, 3.63) is 42.2 Å². The molecule has 0 unspecified atom stereocenters. The van der Waals surface area contributed by atoms with E-state index in [1.165, 1.54) is 11.3 Å². The Morgan fingerprint density at radius 1 is 1.12 bits per heavy atom. The molecular formula is C16H15N7S. The highest BCUT2D eigenvalue weighted by Gasteiger charge is 2.11. The van der Waals surface area contributed by atoms with Crippen molar-refractivity contribution in [3.8, 4) is 22.8 Å². The fraction of sp³-hybridized carbons (Fsp3) is 0.188. The van der Waals surface area contributed by atoms with Gasteiger partial charge in [0, 0.05) is 42.6 Å². The maximum atomic E-state index is 4.59. The van der Waals surface area contributed by atoms with Crippen LogP contribution in [0.1, 0.15) is 6.42 Å². The van der Waals surface area contributed by atoms with Crippen molar-refractivity contribution in [2.45, 2.75) is 6.42 Å². The molecule has 0 bridgehead atoms. The van der Waals surface area contributed by atoms with Crippen molar-refractivity contribution < 1.29 is 0 Å². The summed E-state index contributed by atoms with van der Waals surface area (Å²) in [6.07, 6.45) is 6.28. The van der Waals surface area contributed by atoms with Crippen LogP contribution in [0.15, 0.2) is 47.2 Å². The van der Waals surface area contributed by atoms with Gasteiger partial charge in [-0.15, -0.1) is 11.3 Å². The molecule has 120 valence electrons. The van der Waals surface area contributed by atoms with Crippen molar-refractivity contribution >= 4 is 22.4 Å². The topological polar surface area (TPSA) is 88.0 Å². The van der Waals surface area contributed by atoms with E-state index in [0.717, 1.165) is 47.6 Å². The van der Waals surface area contributed by atoms with E-state index in [-0.39, 0.29) is 0 Å². The van der Waals surface area contributed by atoms with Crippen LogP contribution in [0.25, 0.3) is 22.8 Å². The lowest BCUT2D eigenvalue weighted by Crippen LogP contribution is -2.35. The van der Waals surface area contributed by atoms with Crippen LogP contribution in [0.2, 0.25) is 0 Å². The van der Waals surface area contributed by atoms with Crippen molar-refractivity contribution in [2.75, 3.05) is 18.4 Å². The Morgan fingerprint density at radius 3 is 2.96 bits per heavy atom. The van der Waals surface area contributed by atoms with Crippen LogP contribution in [0.4, 0.5) is 5.13 Å². The van der Waals surface area contributed by atoms with Crippen LogP contribution in [-0.2, 0) is 0 Å². The Kier molecular flexibility index (Phi) is 4.11. The Bertz CT molecular complexity index is 860. The second-order valence-electron chi connectivity index (χ2n) is 5.18. The van der Waals surface area contributed by atoms with E-state index in [9.17, 15) is 0 Å². The molecule has 0 atom stereocenters. The molecule has 4 heterocycles. The molecule has 0 spiro atoms. The SMILES string of the molecule is c1cncc(-c2nccc(-c3csc(NC4=NCCCN4)n3)n2)c1. The molecule has 2 N–H and O–H groups in total. The molecule has 0 saturated heterocycles. The number of aromatic nitrogens is 4. The van der Waals surface area contributed by atoms with Gasteiger partial charge in [-0.05, 0) is 24.6 Å². The van der Waals surface area contributed by atoms with Crippen molar-refractivity contribution in [3.63, 3.8) is 0 Å². The van der Waals surface area contributed by atoms with Gasteiger partial charge in [-0.25, -0.2) is 15.0 Å². The number of nitrogens with one attached hydrogen (secondary N) is 2. The van der Waals surface area contributed by atoms with E-state index in [4.69, 9.17) is 0 Å². The van der Waals surface area contributed by atoms with Crippen LogP contribution in [0.3, 0.4) is 0 Å². The molecule has 0 fully saturated rings. The Balaban J connectivity index is 1.57. The third-order valence-electron chi connectivity index (χ3n) is 3.46. The zero-order valence-corrected chi connectivity index (χ0v) is 13.6. The minimum Gasteiger partial charge on any atom is -0.356 e. The Hall–Kier alpha value is -2.87. The first-order chi connectivity index (χ1) is 11.9. The first-order valence-corrected chi connectivity index (χ1v) is 8.51. The van der Waals surface area contributed by atoms with Gasteiger partial charge in [0.15, 0.2) is 16.9 Å². The Labute approximate surface area is 143 Å². The second-order valence-corrected chi connectivity index (χ2v) is 6.04. The smallest absolute Gasteiger partial charge is 0.197 e. The molecule has 0 amide bonds. The fourth-order valence-corrected chi connectivity index (χ4v) is 3.01. The molecule has 0 aromatic carbocycles. The largest absolute Gasteiger partial charge is 0.356 e. The predicted octanol–water partition coefficient (Wildman–Crippen LogP) is 2.42. The first kappa shape index (κ1) is 14.7. The third-order valence-corrected chi connectivity index (χ3v) is 4.22. The van der Waals surface area contributed by atoms with Gasteiger partial charge in [-0.3, -0.25) is 9.98 Å². The zero-order chi connectivity index (χ0) is 16.2. The molecular weight excluding hydrogens is 322 g/mol. The number of guanidine groups is 1. The molecule has 24 heavy (non-hydrogen) atoms. The molecule has 0 saturated carbocycles. The highest BCUT2D eigenvalue weighted by atomic mass is 32.1. The van der Waals surface area contributed by atoms with Crippen LogP contribution in [-0.4, -0.2) is 39.0 Å². The van der Waals surface area contributed by atoms with E-state index in [1.807, 2.05) is 23.6 Å². The number of hydrogen-bond acceptors (Lipinski definition) is 8. The zero-order valence-electron chi connectivity index (χ0n) is 12.8. The van der Waals surface area contributed by atoms with Gasteiger partial charge in [0.25, 0.3) is 0 Å². The molecule has 4 rings (SSSR count). The van der Waals surface area contributed by atoms with Crippen molar-refractivity contribution in [1.82, 2.24) is 25.3 Å².